The molecule has 0 aliphatic heterocycles. The topological polar surface area (TPSA) is 38.9 Å². The number of rotatable bonds is 3. The molecule has 0 aliphatic carbocycles. The first-order valence-corrected chi connectivity index (χ1v) is 5.93. The molecule has 78 valence electrons. The van der Waals surface area contributed by atoms with Gasteiger partial charge >= 0.3 is 0 Å². The summed E-state index contributed by atoms with van der Waals surface area (Å²) in [4.78, 5) is 4.23. The summed E-state index contributed by atoms with van der Waals surface area (Å²) >= 11 is 1.60. The van der Waals surface area contributed by atoms with Crippen molar-refractivity contribution < 1.29 is 0 Å². The molecule has 0 fully saturated rings. The van der Waals surface area contributed by atoms with E-state index in [1.807, 2.05) is 5.38 Å². The predicted octanol–water partition coefficient (Wildman–Crippen LogP) is 2.75. The molecule has 0 amide bonds. The van der Waals surface area contributed by atoms with Gasteiger partial charge in [0, 0.05) is 11.6 Å². The number of hydrogen-bond donors (Lipinski definition) is 1. The first-order valence-electron chi connectivity index (χ1n) is 5.05. The molecule has 1 aromatic heterocycles. The molecule has 1 heterocycles. The number of nitrogens with two attached hydrogens (primary N) is 1. The van der Waals surface area contributed by atoms with Gasteiger partial charge < -0.3 is 5.73 Å². The van der Waals surface area contributed by atoms with Gasteiger partial charge in [0.2, 0.25) is 0 Å². The first-order chi connectivity index (χ1) is 7.31. The standard InChI is InChI=1S/C12H14N2S/c1-2-9-3-5-10(6-4-9)11(13)12-14-7-8-15-12/h3-8,11H,2,13H2,1H3. The Hall–Kier alpha value is -1.19. The van der Waals surface area contributed by atoms with E-state index in [-0.39, 0.29) is 6.04 Å². The molecule has 0 saturated heterocycles. The van der Waals surface area contributed by atoms with Crippen LogP contribution in [0.5, 0.6) is 0 Å². The second-order valence-corrected chi connectivity index (χ2v) is 4.37. The summed E-state index contributed by atoms with van der Waals surface area (Å²) in [7, 11) is 0. The number of aryl methyl sites for hydroxylation is 1. The first kappa shape index (κ1) is 10.3. The second-order valence-electron chi connectivity index (χ2n) is 3.44. The zero-order chi connectivity index (χ0) is 10.7. The van der Waals surface area contributed by atoms with Crippen molar-refractivity contribution in [2.24, 2.45) is 5.73 Å². The molecule has 0 aliphatic rings. The highest BCUT2D eigenvalue weighted by atomic mass is 32.1. The Balaban J connectivity index is 2.22. The molecular formula is C12H14N2S. The normalized spacial score (nSPS) is 12.7. The SMILES string of the molecule is CCc1ccc(C(N)c2nccs2)cc1. The summed E-state index contributed by atoms with van der Waals surface area (Å²) in [5.41, 5.74) is 8.57. The maximum absolute atomic E-state index is 6.10. The number of hydrogen-bond acceptors (Lipinski definition) is 3. The van der Waals surface area contributed by atoms with Gasteiger partial charge in [-0.05, 0) is 17.5 Å². The van der Waals surface area contributed by atoms with Gasteiger partial charge in [-0.15, -0.1) is 11.3 Å². The van der Waals surface area contributed by atoms with Crippen LogP contribution in [0.25, 0.3) is 0 Å². The maximum Gasteiger partial charge on any atom is 0.114 e. The molecule has 0 saturated carbocycles. The van der Waals surface area contributed by atoms with Gasteiger partial charge in [0.15, 0.2) is 0 Å². The molecule has 3 heteroatoms. The van der Waals surface area contributed by atoms with E-state index in [0.717, 1.165) is 17.0 Å². The quantitative estimate of drug-likeness (QED) is 0.860. The molecule has 2 N–H and O–H groups in total. The van der Waals surface area contributed by atoms with Crippen LogP contribution in [-0.4, -0.2) is 4.98 Å². The van der Waals surface area contributed by atoms with Gasteiger partial charge in [-0.25, -0.2) is 4.98 Å². The Morgan fingerprint density at radius 1 is 1.33 bits per heavy atom. The Labute approximate surface area is 93.8 Å². The van der Waals surface area contributed by atoms with Crippen molar-refractivity contribution in [1.82, 2.24) is 4.98 Å². The summed E-state index contributed by atoms with van der Waals surface area (Å²) in [6, 6.07) is 8.34. The van der Waals surface area contributed by atoms with Crippen molar-refractivity contribution in [3.05, 3.63) is 52.0 Å². The van der Waals surface area contributed by atoms with E-state index in [1.165, 1.54) is 5.56 Å². The molecule has 2 rings (SSSR count). The van der Waals surface area contributed by atoms with Gasteiger partial charge in [-0.3, -0.25) is 0 Å². The monoisotopic (exact) mass is 218 g/mol. The van der Waals surface area contributed by atoms with Crippen LogP contribution in [0, 0.1) is 0 Å². The van der Waals surface area contributed by atoms with Crippen LogP contribution >= 0.6 is 11.3 Å². The molecule has 0 bridgehead atoms. The fourth-order valence-electron chi connectivity index (χ4n) is 1.49. The lowest BCUT2D eigenvalue weighted by Crippen LogP contribution is -2.11. The van der Waals surface area contributed by atoms with Crippen molar-refractivity contribution in [3.63, 3.8) is 0 Å². The number of nitrogens with zero attached hydrogens (tertiary/aromatic N) is 1. The highest BCUT2D eigenvalue weighted by molar-refractivity contribution is 7.09. The van der Waals surface area contributed by atoms with E-state index in [9.17, 15) is 0 Å². The molecule has 2 aromatic rings. The highest BCUT2D eigenvalue weighted by Gasteiger charge is 2.10. The van der Waals surface area contributed by atoms with Gasteiger partial charge in [-0.2, -0.15) is 0 Å². The summed E-state index contributed by atoms with van der Waals surface area (Å²) in [6.45, 7) is 2.15. The zero-order valence-corrected chi connectivity index (χ0v) is 9.50. The zero-order valence-electron chi connectivity index (χ0n) is 8.68. The lowest BCUT2D eigenvalue weighted by Gasteiger charge is -2.09. The van der Waals surface area contributed by atoms with E-state index in [2.05, 4.69) is 36.2 Å². The van der Waals surface area contributed by atoms with Crippen LogP contribution in [0.1, 0.15) is 29.1 Å². The van der Waals surface area contributed by atoms with Crippen LogP contribution in [0.3, 0.4) is 0 Å². The predicted molar refractivity (Wildman–Crippen MR) is 64.0 cm³/mol. The van der Waals surface area contributed by atoms with Gasteiger partial charge in [-0.1, -0.05) is 31.2 Å². The molecule has 15 heavy (non-hydrogen) atoms. The van der Waals surface area contributed by atoms with Crippen molar-refractivity contribution in [2.45, 2.75) is 19.4 Å². The minimum absolute atomic E-state index is 0.0871. The van der Waals surface area contributed by atoms with Crippen molar-refractivity contribution >= 4 is 11.3 Å². The third kappa shape index (κ3) is 2.25. The minimum Gasteiger partial charge on any atom is -0.318 e. The van der Waals surface area contributed by atoms with Crippen LogP contribution in [0.4, 0.5) is 0 Å². The Morgan fingerprint density at radius 3 is 2.60 bits per heavy atom. The van der Waals surface area contributed by atoms with Crippen molar-refractivity contribution in [3.8, 4) is 0 Å². The summed E-state index contributed by atoms with van der Waals surface area (Å²) < 4.78 is 0. The summed E-state index contributed by atoms with van der Waals surface area (Å²) in [5, 5.41) is 2.93. The van der Waals surface area contributed by atoms with E-state index in [0.29, 0.717) is 0 Å². The second kappa shape index (κ2) is 4.55. The Kier molecular flexibility index (Phi) is 3.14. The molecular weight excluding hydrogens is 204 g/mol. The molecule has 0 radical (unpaired) electrons. The number of benzene rings is 1. The Bertz CT molecular complexity index is 406. The van der Waals surface area contributed by atoms with Crippen LogP contribution < -0.4 is 5.73 Å². The largest absolute Gasteiger partial charge is 0.318 e. The van der Waals surface area contributed by atoms with E-state index in [4.69, 9.17) is 5.73 Å². The lowest BCUT2D eigenvalue weighted by atomic mass is 10.1. The fraction of sp³-hybridized carbons (Fsp3) is 0.250. The van der Waals surface area contributed by atoms with Crippen molar-refractivity contribution in [2.75, 3.05) is 0 Å². The maximum atomic E-state index is 6.10. The Morgan fingerprint density at radius 2 is 2.07 bits per heavy atom. The van der Waals surface area contributed by atoms with Crippen LogP contribution in [0.15, 0.2) is 35.8 Å². The third-order valence-electron chi connectivity index (χ3n) is 2.46. The lowest BCUT2D eigenvalue weighted by molar-refractivity contribution is 0.856. The van der Waals surface area contributed by atoms with Crippen LogP contribution in [0.2, 0.25) is 0 Å². The average molecular weight is 218 g/mol. The number of thiazole rings is 1. The molecule has 2 nitrogen and oxygen atoms in total. The summed E-state index contributed by atoms with van der Waals surface area (Å²) in [5.74, 6) is 0. The summed E-state index contributed by atoms with van der Waals surface area (Å²) in [6.07, 6.45) is 2.85. The molecule has 1 unspecified atom stereocenters. The van der Waals surface area contributed by atoms with Gasteiger partial charge in [0.1, 0.15) is 5.01 Å². The van der Waals surface area contributed by atoms with Gasteiger partial charge in [0.25, 0.3) is 0 Å². The fourth-order valence-corrected chi connectivity index (χ4v) is 2.16. The molecule has 1 aromatic carbocycles. The molecule has 0 spiro atoms. The van der Waals surface area contributed by atoms with E-state index in [1.54, 1.807) is 17.5 Å². The molecule has 1 atom stereocenters. The highest BCUT2D eigenvalue weighted by Crippen LogP contribution is 2.21. The van der Waals surface area contributed by atoms with E-state index >= 15 is 0 Å². The van der Waals surface area contributed by atoms with E-state index < -0.39 is 0 Å². The minimum atomic E-state index is -0.0871. The van der Waals surface area contributed by atoms with Gasteiger partial charge in [0.05, 0.1) is 6.04 Å². The number of aromatic nitrogens is 1. The van der Waals surface area contributed by atoms with Crippen LogP contribution in [-0.2, 0) is 6.42 Å². The third-order valence-corrected chi connectivity index (χ3v) is 3.32. The van der Waals surface area contributed by atoms with Crippen molar-refractivity contribution in [1.29, 1.82) is 0 Å². The smallest absolute Gasteiger partial charge is 0.114 e. The average Bonchev–Trinajstić information content (AvgIpc) is 2.82.